The van der Waals surface area contributed by atoms with Crippen LogP contribution in [0.2, 0.25) is 0 Å². The van der Waals surface area contributed by atoms with Gasteiger partial charge in [0.1, 0.15) is 0 Å². The van der Waals surface area contributed by atoms with Gasteiger partial charge in [0.15, 0.2) is 0 Å². The molecule has 0 aliphatic heterocycles. The molecule has 0 saturated heterocycles. The molecule has 0 radical (unpaired) electrons. The largest absolute Gasteiger partial charge is 3.00 e. The molecule has 64 valence electrons. The van der Waals surface area contributed by atoms with Crippen molar-refractivity contribution in [2.45, 2.75) is 0 Å². The van der Waals surface area contributed by atoms with Gasteiger partial charge in [-0.05, 0) is 0 Å². The average molecular weight is 202 g/mol. The third-order valence-corrected chi connectivity index (χ3v) is 0. The maximum Gasteiger partial charge on any atom is 3.00 e. The smallest absolute Gasteiger partial charge is 0.861 e. The van der Waals surface area contributed by atoms with E-state index < -0.39 is 16.9 Å². The van der Waals surface area contributed by atoms with Gasteiger partial charge in [-0.2, -0.15) is 0 Å². The first-order chi connectivity index (χ1) is 4.00. The Bertz CT molecular complexity index is 106. The SMILES string of the molecule is O=P(O)(O)O.[B+3].[O-][Si]([O-])([O-])O. The number of rotatable bonds is 0. The summed E-state index contributed by atoms with van der Waals surface area (Å²) >= 11 is 0. The van der Waals surface area contributed by atoms with Crippen molar-refractivity contribution < 1.29 is 38.4 Å². The first-order valence-corrected chi connectivity index (χ1v) is 4.86. The Hall–Kier alpha value is 0.232. The van der Waals surface area contributed by atoms with Crippen LogP contribution < -0.4 is 14.4 Å². The predicted molar refractivity (Wildman–Crippen MR) is 28.0 cm³/mol. The van der Waals surface area contributed by atoms with Crippen molar-refractivity contribution in [3.63, 3.8) is 0 Å². The molecule has 0 amide bonds. The van der Waals surface area contributed by atoms with Crippen LogP contribution in [0.4, 0.5) is 0 Å². The van der Waals surface area contributed by atoms with E-state index in [4.69, 9.17) is 38.4 Å². The summed E-state index contributed by atoms with van der Waals surface area (Å²) in [6.07, 6.45) is 0. The van der Waals surface area contributed by atoms with Gasteiger partial charge in [0.25, 0.3) is 0 Å². The first kappa shape index (κ1) is 17.4. The summed E-state index contributed by atoms with van der Waals surface area (Å²) in [6.45, 7) is 0. The predicted octanol–water partition coefficient (Wildman–Crippen LogP) is -5.81. The van der Waals surface area contributed by atoms with Crippen molar-refractivity contribution in [2.75, 3.05) is 0 Å². The van der Waals surface area contributed by atoms with Crippen LogP contribution >= 0.6 is 7.82 Å². The first-order valence-electron chi connectivity index (χ1n) is 1.62. The van der Waals surface area contributed by atoms with Gasteiger partial charge >= 0.3 is 16.2 Å². The molecule has 0 atom stereocenters. The fourth-order valence-electron chi connectivity index (χ4n) is 0. The molecule has 0 aromatic carbocycles. The van der Waals surface area contributed by atoms with Gasteiger partial charge in [-0.3, -0.25) is 0 Å². The molecule has 0 aromatic heterocycles. The molecule has 0 saturated carbocycles. The zero-order valence-corrected chi connectivity index (χ0v) is 6.84. The summed E-state index contributed by atoms with van der Waals surface area (Å²) in [5.41, 5.74) is 0. The summed E-state index contributed by atoms with van der Waals surface area (Å²) in [7, 11) is -10.0. The van der Waals surface area contributed by atoms with E-state index >= 15 is 0 Å². The van der Waals surface area contributed by atoms with Crippen molar-refractivity contribution in [3.8, 4) is 0 Å². The van der Waals surface area contributed by atoms with E-state index in [1.807, 2.05) is 0 Å². The standard InChI is InChI=1S/B.H3O4P.HO4Si/c;2*1-5(2,3)4/h;(H3,1,2,3,4);1H/q+3;;-3. The summed E-state index contributed by atoms with van der Waals surface area (Å²) in [4.78, 5) is 54.6. The van der Waals surface area contributed by atoms with E-state index in [9.17, 15) is 0 Å². The minimum atomic E-state index is -5.36. The van der Waals surface area contributed by atoms with Crippen LogP contribution in [0.3, 0.4) is 0 Å². The summed E-state index contributed by atoms with van der Waals surface area (Å²) < 4.78 is 8.88. The van der Waals surface area contributed by atoms with Crippen LogP contribution in [0.5, 0.6) is 0 Å². The van der Waals surface area contributed by atoms with E-state index in [2.05, 4.69) is 0 Å². The van der Waals surface area contributed by atoms with Crippen LogP contribution in [-0.4, -0.2) is 36.9 Å². The molecule has 4 N–H and O–H groups in total. The summed E-state index contributed by atoms with van der Waals surface area (Å²) in [5.74, 6) is 0. The molecule has 11 heavy (non-hydrogen) atoms. The van der Waals surface area contributed by atoms with Crippen LogP contribution in [0.25, 0.3) is 0 Å². The fraction of sp³-hybridized carbons (Fsp3) is 0. The maximum absolute atomic E-state index is 8.88. The van der Waals surface area contributed by atoms with Gasteiger partial charge in [-0.25, -0.2) is 4.57 Å². The van der Waals surface area contributed by atoms with E-state index in [0.717, 1.165) is 0 Å². The van der Waals surface area contributed by atoms with Gasteiger partial charge in [0.2, 0.25) is 0 Å². The van der Waals surface area contributed by atoms with Crippen LogP contribution in [0.1, 0.15) is 0 Å². The molecular formula is H4BO8PSi. The van der Waals surface area contributed by atoms with E-state index in [-0.39, 0.29) is 8.41 Å². The molecule has 0 rings (SSSR count). The van der Waals surface area contributed by atoms with Gasteiger partial charge in [0.05, 0.1) is 0 Å². The number of phosphoric acid groups is 1. The van der Waals surface area contributed by atoms with Gasteiger partial charge in [-0.15, -0.1) is 9.05 Å². The Morgan fingerprint density at radius 3 is 1.09 bits per heavy atom. The molecule has 0 unspecified atom stereocenters. The Morgan fingerprint density at radius 2 is 1.09 bits per heavy atom. The quantitative estimate of drug-likeness (QED) is 0.222. The number of hydrogen-bond donors (Lipinski definition) is 4. The molecule has 0 aliphatic carbocycles. The third kappa shape index (κ3) is 12900. The zero-order chi connectivity index (χ0) is 9.00. The molecule has 0 bridgehead atoms. The topological polar surface area (TPSA) is 167 Å². The second-order valence-corrected chi connectivity index (χ2v) is 3.11. The monoisotopic (exact) mass is 202 g/mol. The third-order valence-electron chi connectivity index (χ3n) is 0. The Labute approximate surface area is 64.7 Å². The van der Waals surface area contributed by atoms with Crippen molar-refractivity contribution in [3.05, 3.63) is 0 Å². The van der Waals surface area contributed by atoms with Gasteiger partial charge in [0, 0.05) is 0 Å². The molecule has 8 nitrogen and oxygen atoms in total. The molecule has 0 aromatic rings. The van der Waals surface area contributed by atoms with Crippen molar-refractivity contribution in [1.29, 1.82) is 0 Å². The van der Waals surface area contributed by atoms with Gasteiger partial charge < -0.3 is 33.9 Å². The molecule has 0 fully saturated rings. The van der Waals surface area contributed by atoms with Crippen LogP contribution in [0.15, 0.2) is 0 Å². The second kappa shape index (κ2) is 5.83. The van der Waals surface area contributed by atoms with Crippen molar-refractivity contribution >= 4 is 25.3 Å². The summed E-state index contributed by atoms with van der Waals surface area (Å²) in [6, 6.07) is 0. The van der Waals surface area contributed by atoms with E-state index in [1.54, 1.807) is 0 Å². The van der Waals surface area contributed by atoms with Crippen molar-refractivity contribution in [1.82, 2.24) is 0 Å². The molecule has 0 aliphatic rings. The molecule has 11 heteroatoms. The average Bonchev–Trinajstić information content (AvgIpc) is 1.12. The van der Waals surface area contributed by atoms with Gasteiger partial charge in [-0.1, -0.05) is 0 Å². The Balaban J connectivity index is -0.000000107. The normalized spacial score (nSPS) is 10.8. The van der Waals surface area contributed by atoms with Crippen LogP contribution in [-0.2, 0) is 4.57 Å². The molecule has 0 spiro atoms. The maximum atomic E-state index is 8.88. The Kier molecular flexibility index (Phi) is 9.19. The molecule has 0 heterocycles. The Morgan fingerprint density at radius 1 is 1.09 bits per heavy atom. The molecular weight excluding hydrogens is 198 g/mol. The summed E-state index contributed by atoms with van der Waals surface area (Å²) in [5, 5.41) is 0. The fourth-order valence-corrected chi connectivity index (χ4v) is 0. The minimum absolute atomic E-state index is 0. The van der Waals surface area contributed by atoms with E-state index in [1.165, 1.54) is 0 Å². The van der Waals surface area contributed by atoms with Crippen molar-refractivity contribution in [2.24, 2.45) is 0 Å². The number of hydrogen-bond acceptors (Lipinski definition) is 5. The minimum Gasteiger partial charge on any atom is -0.861 e. The van der Waals surface area contributed by atoms with Crippen LogP contribution in [0, 0.1) is 0 Å². The zero-order valence-electron chi connectivity index (χ0n) is 4.95. The second-order valence-electron chi connectivity index (χ2n) is 1.04. The van der Waals surface area contributed by atoms with E-state index in [0.29, 0.717) is 0 Å².